The second kappa shape index (κ2) is 2.67. The number of nitrogens with zero attached hydrogens (tertiary/aromatic N) is 1. The lowest BCUT2D eigenvalue weighted by atomic mass is 10.4. The number of hydrogen-bond acceptors (Lipinski definition) is 0. The summed E-state index contributed by atoms with van der Waals surface area (Å²) in [5, 5.41) is 0. The summed E-state index contributed by atoms with van der Waals surface area (Å²) in [7, 11) is 0. The van der Waals surface area contributed by atoms with Crippen LogP contribution in [-0.2, 0) is 13.0 Å². The maximum atomic E-state index is 3.17. The van der Waals surface area contributed by atoms with Crippen LogP contribution in [0, 0.1) is 0 Å². The number of nitrogens with one attached hydrogen (secondary N) is 1. The largest absolute Gasteiger partial charge is 0.248 e. The lowest BCUT2D eigenvalue weighted by molar-refractivity contribution is -0.692. The zero-order valence-corrected chi connectivity index (χ0v) is 6.02. The highest BCUT2D eigenvalue weighted by Crippen LogP contribution is 1.87. The Balaban J connectivity index is 2.74. The minimum absolute atomic E-state index is 1.05. The van der Waals surface area contributed by atoms with Crippen LogP contribution in [0.4, 0.5) is 0 Å². The molecule has 1 aromatic rings. The molecule has 0 amide bonds. The Kier molecular flexibility index (Phi) is 1.88. The maximum absolute atomic E-state index is 3.17. The third kappa shape index (κ3) is 1.31. The quantitative estimate of drug-likeness (QED) is 0.566. The van der Waals surface area contributed by atoms with E-state index in [-0.39, 0.29) is 0 Å². The lowest BCUT2D eigenvalue weighted by Crippen LogP contribution is -2.28. The zero-order valence-electron chi connectivity index (χ0n) is 6.02. The van der Waals surface area contributed by atoms with Gasteiger partial charge in [-0.1, -0.05) is 6.92 Å². The Morgan fingerprint density at radius 3 is 2.67 bits per heavy atom. The van der Waals surface area contributed by atoms with Crippen LogP contribution in [0.15, 0.2) is 12.5 Å². The number of aromatic nitrogens is 2. The standard InChI is InChI=1S/C7H12N2/c1-3-7-5-9(4-2)6-8-7/h5-6H,3-4H2,1-2H3/p+1. The molecular formula is C7H13N2+. The second-order valence-corrected chi connectivity index (χ2v) is 2.11. The molecule has 0 saturated heterocycles. The third-order valence-electron chi connectivity index (χ3n) is 1.48. The summed E-state index contributed by atoms with van der Waals surface area (Å²) in [5.74, 6) is 0. The van der Waals surface area contributed by atoms with Crippen LogP contribution in [0.5, 0.6) is 0 Å². The smallest absolute Gasteiger partial charge is 0.241 e. The van der Waals surface area contributed by atoms with E-state index in [1.807, 2.05) is 6.33 Å². The van der Waals surface area contributed by atoms with Crippen LogP contribution in [0.2, 0.25) is 0 Å². The summed E-state index contributed by atoms with van der Waals surface area (Å²) in [4.78, 5) is 3.17. The molecule has 2 heteroatoms. The average molecular weight is 125 g/mol. The normalized spacial score (nSPS) is 10.0. The molecule has 0 saturated carbocycles. The predicted octanol–water partition coefficient (Wildman–Crippen LogP) is 0.885. The Labute approximate surface area is 55.5 Å². The highest BCUT2D eigenvalue weighted by atomic mass is 15.0. The molecule has 9 heavy (non-hydrogen) atoms. The van der Waals surface area contributed by atoms with Gasteiger partial charge >= 0.3 is 0 Å². The van der Waals surface area contributed by atoms with Crippen LogP contribution in [0.25, 0.3) is 0 Å². The van der Waals surface area contributed by atoms with Crippen molar-refractivity contribution in [2.24, 2.45) is 0 Å². The highest BCUT2D eigenvalue weighted by Gasteiger charge is 1.98. The first-order chi connectivity index (χ1) is 4.36. The highest BCUT2D eigenvalue weighted by molar-refractivity contribution is 4.87. The molecule has 0 aliphatic heterocycles. The first-order valence-corrected chi connectivity index (χ1v) is 3.43. The molecule has 0 spiro atoms. The van der Waals surface area contributed by atoms with Crippen molar-refractivity contribution >= 4 is 0 Å². The van der Waals surface area contributed by atoms with Crippen molar-refractivity contribution in [1.29, 1.82) is 0 Å². The number of rotatable bonds is 2. The molecule has 1 aromatic heterocycles. The molecule has 0 aromatic carbocycles. The van der Waals surface area contributed by atoms with Crippen LogP contribution in [0.1, 0.15) is 19.5 Å². The molecular weight excluding hydrogens is 112 g/mol. The van der Waals surface area contributed by atoms with Gasteiger partial charge in [-0.05, 0) is 6.92 Å². The van der Waals surface area contributed by atoms with Gasteiger partial charge < -0.3 is 0 Å². The molecule has 0 fully saturated rings. The first-order valence-electron chi connectivity index (χ1n) is 3.43. The Hall–Kier alpha value is -0.790. The van der Waals surface area contributed by atoms with Gasteiger partial charge in [-0.3, -0.25) is 0 Å². The number of aromatic amines is 1. The van der Waals surface area contributed by atoms with E-state index in [0.717, 1.165) is 13.0 Å². The van der Waals surface area contributed by atoms with Crippen LogP contribution in [0.3, 0.4) is 0 Å². The second-order valence-electron chi connectivity index (χ2n) is 2.11. The molecule has 0 radical (unpaired) electrons. The summed E-state index contributed by atoms with van der Waals surface area (Å²) in [6.07, 6.45) is 5.23. The molecule has 2 nitrogen and oxygen atoms in total. The van der Waals surface area contributed by atoms with Gasteiger partial charge in [0.15, 0.2) is 0 Å². The van der Waals surface area contributed by atoms with Crippen LogP contribution >= 0.6 is 0 Å². The van der Waals surface area contributed by atoms with E-state index >= 15 is 0 Å². The SMILES string of the molecule is CCc1c[n+](CC)c[nH]1. The Morgan fingerprint density at radius 2 is 2.33 bits per heavy atom. The monoisotopic (exact) mass is 125 g/mol. The summed E-state index contributed by atoms with van der Waals surface area (Å²) >= 11 is 0. The van der Waals surface area contributed by atoms with E-state index in [2.05, 4.69) is 29.6 Å². The van der Waals surface area contributed by atoms with Crippen molar-refractivity contribution in [1.82, 2.24) is 4.98 Å². The number of aryl methyl sites for hydroxylation is 2. The predicted molar refractivity (Wildman–Crippen MR) is 36.0 cm³/mol. The minimum atomic E-state index is 1.05. The van der Waals surface area contributed by atoms with Crippen LogP contribution in [-0.4, -0.2) is 4.98 Å². The number of hydrogen-bond donors (Lipinski definition) is 1. The van der Waals surface area contributed by atoms with Gasteiger partial charge in [0, 0.05) is 6.42 Å². The molecule has 0 unspecified atom stereocenters. The molecule has 1 heterocycles. The molecule has 0 aliphatic rings. The van der Waals surface area contributed by atoms with Crippen molar-refractivity contribution in [2.75, 3.05) is 0 Å². The lowest BCUT2D eigenvalue weighted by Gasteiger charge is -1.81. The van der Waals surface area contributed by atoms with E-state index in [4.69, 9.17) is 0 Å². The summed E-state index contributed by atoms with van der Waals surface area (Å²) < 4.78 is 2.14. The number of H-pyrrole nitrogens is 1. The van der Waals surface area contributed by atoms with Crippen molar-refractivity contribution in [2.45, 2.75) is 26.8 Å². The zero-order chi connectivity index (χ0) is 6.69. The van der Waals surface area contributed by atoms with Gasteiger partial charge in [-0.25, -0.2) is 9.55 Å². The van der Waals surface area contributed by atoms with E-state index in [0.29, 0.717) is 0 Å². The minimum Gasteiger partial charge on any atom is -0.248 e. The topological polar surface area (TPSA) is 19.7 Å². The fourth-order valence-electron chi connectivity index (χ4n) is 0.816. The van der Waals surface area contributed by atoms with Gasteiger partial charge in [0.2, 0.25) is 6.33 Å². The maximum Gasteiger partial charge on any atom is 0.241 e. The fourth-order valence-corrected chi connectivity index (χ4v) is 0.816. The Bertz CT molecular complexity index is 160. The van der Waals surface area contributed by atoms with Crippen molar-refractivity contribution in [3.05, 3.63) is 18.2 Å². The van der Waals surface area contributed by atoms with Gasteiger partial charge in [0.1, 0.15) is 11.9 Å². The molecule has 0 atom stereocenters. The fraction of sp³-hybridized carbons (Fsp3) is 0.571. The summed E-state index contributed by atoms with van der Waals surface area (Å²) in [5.41, 5.74) is 1.30. The molecule has 1 N–H and O–H groups in total. The van der Waals surface area contributed by atoms with Gasteiger partial charge in [-0.15, -0.1) is 0 Å². The summed E-state index contributed by atoms with van der Waals surface area (Å²) in [6.45, 7) is 5.33. The third-order valence-corrected chi connectivity index (χ3v) is 1.48. The molecule has 0 bridgehead atoms. The first kappa shape index (κ1) is 6.33. The molecule has 1 rings (SSSR count). The van der Waals surface area contributed by atoms with E-state index < -0.39 is 0 Å². The van der Waals surface area contributed by atoms with Crippen molar-refractivity contribution in [3.8, 4) is 0 Å². The van der Waals surface area contributed by atoms with Crippen LogP contribution < -0.4 is 4.57 Å². The van der Waals surface area contributed by atoms with Gasteiger partial charge in [-0.2, -0.15) is 0 Å². The van der Waals surface area contributed by atoms with Gasteiger partial charge in [0.25, 0.3) is 0 Å². The average Bonchev–Trinajstić information content (AvgIpc) is 2.34. The molecule has 50 valence electrons. The number of imidazole rings is 1. The van der Waals surface area contributed by atoms with Crippen molar-refractivity contribution < 1.29 is 4.57 Å². The van der Waals surface area contributed by atoms with Crippen molar-refractivity contribution in [3.63, 3.8) is 0 Å². The van der Waals surface area contributed by atoms with E-state index in [9.17, 15) is 0 Å². The Morgan fingerprint density at radius 1 is 1.56 bits per heavy atom. The molecule has 0 aliphatic carbocycles. The van der Waals surface area contributed by atoms with Gasteiger partial charge in [0.05, 0.1) is 6.54 Å². The van der Waals surface area contributed by atoms with E-state index in [1.165, 1.54) is 5.69 Å². The summed E-state index contributed by atoms with van der Waals surface area (Å²) in [6, 6.07) is 0. The van der Waals surface area contributed by atoms with E-state index in [1.54, 1.807) is 0 Å².